The zero-order valence-electron chi connectivity index (χ0n) is 20.5. The number of nitrogens with zero attached hydrogens (tertiary/aromatic N) is 2. The number of halogens is 1. The molecule has 2 heterocycles. The summed E-state index contributed by atoms with van der Waals surface area (Å²) in [7, 11) is 0. The highest BCUT2D eigenvalue weighted by atomic mass is 32.1. The molecule has 1 saturated carbocycles. The standard InChI is InChI=1S/C27H26FN3O3.CH4S/c1-2-33-25(32)30-23-6-4-3-5-18(23)11-13-26-14-12-20-15-24-19(16-27(20,26)34-26)17-29-31(24)22-9-7-21(28)8-10-22;1-2/h3-10,15,17H,2,11-14,16H2,1H3,(H,30,32);2H,1H3/t26-,27?;/m0./s1. The van der Waals surface area contributed by atoms with Crippen molar-refractivity contribution in [1.82, 2.24) is 9.78 Å². The Kier molecular flexibility index (Phi) is 6.66. The number of fused-ring (bicyclic) bond motifs is 1. The molecular weight excluding hydrogens is 477 g/mol. The summed E-state index contributed by atoms with van der Waals surface area (Å²) >= 11 is 3.53. The van der Waals surface area contributed by atoms with E-state index < -0.39 is 6.09 Å². The van der Waals surface area contributed by atoms with E-state index in [1.807, 2.05) is 35.1 Å². The van der Waals surface area contributed by atoms with Gasteiger partial charge in [-0.3, -0.25) is 5.32 Å². The Labute approximate surface area is 215 Å². The molecular formula is C28H30FN3O3S. The van der Waals surface area contributed by atoms with Crippen LogP contribution in [0.4, 0.5) is 14.9 Å². The number of carbonyl (C=O) groups is 1. The first-order valence-electron chi connectivity index (χ1n) is 12.2. The molecule has 0 bridgehead atoms. The Morgan fingerprint density at radius 1 is 1.22 bits per heavy atom. The van der Waals surface area contributed by atoms with Gasteiger partial charge in [-0.2, -0.15) is 17.7 Å². The van der Waals surface area contributed by atoms with Gasteiger partial charge >= 0.3 is 6.09 Å². The molecule has 1 spiro atoms. The number of hydrogen-bond acceptors (Lipinski definition) is 5. The van der Waals surface area contributed by atoms with Gasteiger partial charge in [0.2, 0.25) is 0 Å². The van der Waals surface area contributed by atoms with Crippen LogP contribution in [0, 0.1) is 5.82 Å². The monoisotopic (exact) mass is 507 g/mol. The largest absolute Gasteiger partial charge is 0.450 e. The Balaban J connectivity index is 0.00000130. The lowest BCUT2D eigenvalue weighted by atomic mass is 9.81. The van der Waals surface area contributed by atoms with Crippen LogP contribution in [-0.2, 0) is 22.3 Å². The minimum absolute atomic E-state index is 0.175. The first kappa shape index (κ1) is 24.6. The second kappa shape index (κ2) is 9.75. The van der Waals surface area contributed by atoms with Gasteiger partial charge in [0.25, 0.3) is 0 Å². The van der Waals surface area contributed by atoms with E-state index in [-0.39, 0.29) is 17.0 Å². The Bertz CT molecular complexity index is 1310. The summed E-state index contributed by atoms with van der Waals surface area (Å²) < 4.78 is 26.8. The summed E-state index contributed by atoms with van der Waals surface area (Å²) in [5, 5.41) is 7.44. The van der Waals surface area contributed by atoms with Gasteiger partial charge in [0.15, 0.2) is 0 Å². The highest BCUT2D eigenvalue weighted by molar-refractivity contribution is 7.79. The van der Waals surface area contributed by atoms with Crippen LogP contribution >= 0.6 is 12.6 Å². The van der Waals surface area contributed by atoms with E-state index in [0.717, 1.165) is 60.3 Å². The van der Waals surface area contributed by atoms with Crippen LogP contribution < -0.4 is 5.32 Å². The van der Waals surface area contributed by atoms with Crippen molar-refractivity contribution < 1.29 is 18.7 Å². The van der Waals surface area contributed by atoms with E-state index in [0.29, 0.717) is 6.61 Å². The van der Waals surface area contributed by atoms with Crippen LogP contribution in [0.15, 0.2) is 60.3 Å². The van der Waals surface area contributed by atoms with Crippen molar-refractivity contribution in [3.63, 3.8) is 0 Å². The second-order valence-electron chi connectivity index (χ2n) is 9.22. The van der Waals surface area contributed by atoms with Crippen LogP contribution in [0.2, 0.25) is 0 Å². The summed E-state index contributed by atoms with van der Waals surface area (Å²) in [5.74, 6) is -0.256. The number of epoxide rings is 1. The zero-order chi connectivity index (χ0) is 25.3. The third-order valence-corrected chi connectivity index (χ3v) is 7.42. The Morgan fingerprint density at radius 3 is 2.78 bits per heavy atom. The fraction of sp³-hybridized carbons (Fsp3) is 0.357. The molecule has 1 amide bonds. The SMILES string of the molecule is CCOC(=O)Nc1ccccc1CC[C@]12CCC3=Cc4c(cnn4-c4ccc(F)cc4)CC31O2.CS. The molecule has 2 aromatic carbocycles. The highest BCUT2D eigenvalue weighted by Crippen LogP contribution is 2.67. The fourth-order valence-electron chi connectivity index (χ4n) is 5.71. The number of para-hydroxylation sites is 1. The van der Waals surface area contributed by atoms with Crippen molar-refractivity contribution in [2.45, 2.75) is 50.2 Å². The predicted molar refractivity (Wildman–Crippen MR) is 141 cm³/mol. The average molecular weight is 508 g/mol. The lowest BCUT2D eigenvalue weighted by Gasteiger charge is -2.20. The summed E-state index contributed by atoms with van der Waals surface area (Å²) in [4.78, 5) is 11.9. The lowest BCUT2D eigenvalue weighted by Crippen LogP contribution is -2.27. The molecule has 1 aliphatic heterocycles. The number of thiol groups is 1. The maximum Gasteiger partial charge on any atom is 0.411 e. The van der Waals surface area contributed by atoms with Crippen LogP contribution in [0.1, 0.15) is 43.0 Å². The molecule has 2 atom stereocenters. The molecule has 36 heavy (non-hydrogen) atoms. The molecule has 2 aliphatic carbocycles. The van der Waals surface area contributed by atoms with Crippen molar-refractivity contribution in [1.29, 1.82) is 0 Å². The number of aromatic nitrogens is 2. The van der Waals surface area contributed by atoms with Crippen molar-refractivity contribution in [2.24, 2.45) is 0 Å². The van der Waals surface area contributed by atoms with Gasteiger partial charge < -0.3 is 9.47 Å². The molecule has 0 radical (unpaired) electrons. The smallest absolute Gasteiger partial charge is 0.411 e. The van der Waals surface area contributed by atoms with Crippen LogP contribution in [0.3, 0.4) is 0 Å². The van der Waals surface area contributed by atoms with E-state index >= 15 is 0 Å². The fourth-order valence-corrected chi connectivity index (χ4v) is 5.71. The van der Waals surface area contributed by atoms with Crippen molar-refractivity contribution in [3.8, 4) is 5.69 Å². The minimum atomic E-state index is -0.434. The first-order valence-corrected chi connectivity index (χ1v) is 13.1. The molecule has 1 N–H and O–H groups in total. The molecule has 6 nitrogen and oxygen atoms in total. The maximum atomic E-state index is 13.4. The van der Waals surface area contributed by atoms with Gasteiger partial charge in [-0.25, -0.2) is 13.9 Å². The van der Waals surface area contributed by atoms with E-state index in [1.54, 1.807) is 25.3 Å². The summed E-state index contributed by atoms with van der Waals surface area (Å²) in [6, 6.07) is 14.3. The van der Waals surface area contributed by atoms with E-state index in [4.69, 9.17) is 9.47 Å². The zero-order valence-corrected chi connectivity index (χ0v) is 21.4. The quantitative estimate of drug-likeness (QED) is 0.317. The first-order chi connectivity index (χ1) is 17.5. The van der Waals surface area contributed by atoms with Gasteiger partial charge in [-0.1, -0.05) is 18.2 Å². The Hall–Kier alpha value is -3.10. The average Bonchev–Trinajstić information content (AvgIpc) is 3.16. The number of nitrogens with one attached hydrogen (secondary N) is 1. The maximum absolute atomic E-state index is 13.4. The van der Waals surface area contributed by atoms with Crippen LogP contribution in [-0.4, -0.2) is 39.9 Å². The number of ether oxygens (including phenoxy) is 2. The third kappa shape index (κ3) is 4.12. The van der Waals surface area contributed by atoms with Crippen LogP contribution in [0.25, 0.3) is 11.8 Å². The third-order valence-electron chi connectivity index (χ3n) is 7.42. The molecule has 6 rings (SSSR count). The van der Waals surface area contributed by atoms with Crippen molar-refractivity contribution in [3.05, 3.63) is 82.9 Å². The lowest BCUT2D eigenvalue weighted by molar-refractivity contribution is 0.168. The highest BCUT2D eigenvalue weighted by Gasteiger charge is 2.74. The molecule has 1 saturated heterocycles. The number of benzene rings is 2. The minimum Gasteiger partial charge on any atom is -0.450 e. The number of amides is 1. The van der Waals surface area contributed by atoms with Gasteiger partial charge in [0.1, 0.15) is 17.0 Å². The Morgan fingerprint density at radius 2 is 2.00 bits per heavy atom. The number of anilines is 1. The van der Waals surface area contributed by atoms with E-state index in [2.05, 4.69) is 29.1 Å². The second-order valence-corrected chi connectivity index (χ2v) is 9.22. The van der Waals surface area contributed by atoms with Gasteiger partial charge in [-0.05, 0) is 86.4 Å². The number of aryl methyl sites for hydroxylation is 1. The van der Waals surface area contributed by atoms with Crippen LogP contribution in [0.5, 0.6) is 0 Å². The molecule has 3 aliphatic rings. The molecule has 2 fully saturated rings. The summed E-state index contributed by atoms with van der Waals surface area (Å²) in [6.07, 6.45) is 9.86. The topological polar surface area (TPSA) is 68.7 Å². The van der Waals surface area contributed by atoms with Gasteiger partial charge in [-0.15, -0.1) is 0 Å². The molecule has 1 unspecified atom stereocenters. The molecule has 8 heteroatoms. The predicted octanol–water partition coefficient (Wildman–Crippen LogP) is 6.00. The normalized spacial score (nSPS) is 22.8. The van der Waals surface area contributed by atoms with Gasteiger partial charge in [0, 0.05) is 17.7 Å². The molecule has 1 aromatic heterocycles. The van der Waals surface area contributed by atoms with Crippen molar-refractivity contribution >= 4 is 30.5 Å². The number of rotatable bonds is 6. The number of carbonyl (C=O) groups excluding carboxylic acids is 1. The molecule has 3 aromatic rings. The summed E-state index contributed by atoms with van der Waals surface area (Å²) in [5.41, 5.74) is 5.82. The van der Waals surface area contributed by atoms with E-state index in [1.165, 1.54) is 17.7 Å². The molecule has 188 valence electrons. The summed E-state index contributed by atoms with van der Waals surface area (Å²) in [6.45, 7) is 2.13. The number of hydrogen-bond donors (Lipinski definition) is 2. The van der Waals surface area contributed by atoms with Gasteiger partial charge in [0.05, 0.1) is 24.2 Å². The van der Waals surface area contributed by atoms with E-state index in [9.17, 15) is 9.18 Å². The van der Waals surface area contributed by atoms with Crippen molar-refractivity contribution in [2.75, 3.05) is 18.2 Å².